The van der Waals surface area contributed by atoms with Gasteiger partial charge in [0.05, 0.1) is 12.2 Å². The van der Waals surface area contributed by atoms with Gasteiger partial charge in [0.1, 0.15) is 18.3 Å². The molecule has 3 N–H and O–H groups in total. The molecule has 14 heavy (non-hydrogen) atoms. The van der Waals surface area contributed by atoms with Gasteiger partial charge in [-0.25, -0.2) is 0 Å². The fourth-order valence-electron chi connectivity index (χ4n) is 1.31. The summed E-state index contributed by atoms with van der Waals surface area (Å²) in [5, 5.41) is 27.7. The van der Waals surface area contributed by atoms with Crippen LogP contribution in [-0.2, 0) is 9.47 Å². The maximum atomic E-state index is 9.51. The van der Waals surface area contributed by atoms with Crippen molar-refractivity contribution in [2.75, 3.05) is 6.61 Å². The van der Waals surface area contributed by atoms with Crippen molar-refractivity contribution in [1.29, 1.82) is 0 Å². The van der Waals surface area contributed by atoms with Crippen LogP contribution < -0.4 is 0 Å². The first-order valence-electron chi connectivity index (χ1n) is 4.65. The molecule has 5 heteroatoms. The number of ether oxygens (including phenoxy) is 2. The Labute approximate surface area is 83.3 Å². The summed E-state index contributed by atoms with van der Waals surface area (Å²) in [7, 11) is 0. The van der Waals surface area contributed by atoms with Crippen molar-refractivity contribution in [2.45, 2.75) is 51.0 Å². The van der Waals surface area contributed by atoms with Crippen LogP contribution in [0.15, 0.2) is 0 Å². The summed E-state index contributed by atoms with van der Waals surface area (Å²) in [5.74, 6) is 0. The van der Waals surface area contributed by atoms with Gasteiger partial charge in [-0.05, 0) is 20.8 Å². The number of rotatable bonds is 2. The topological polar surface area (TPSA) is 79.2 Å². The second-order valence-corrected chi connectivity index (χ2v) is 4.44. The fraction of sp³-hybridized carbons (Fsp3) is 1.00. The average molecular weight is 206 g/mol. The Kier molecular flexibility index (Phi) is 3.49. The molecule has 84 valence electrons. The van der Waals surface area contributed by atoms with Gasteiger partial charge in [-0.2, -0.15) is 0 Å². The van der Waals surface area contributed by atoms with Gasteiger partial charge < -0.3 is 24.8 Å². The molecule has 1 unspecified atom stereocenters. The van der Waals surface area contributed by atoms with E-state index < -0.39 is 30.2 Å². The highest BCUT2D eigenvalue weighted by molar-refractivity contribution is 4.87. The molecule has 0 aliphatic carbocycles. The first kappa shape index (κ1) is 11.9. The SMILES string of the molecule is CC(C)(C)O[C@@H]1O[C@@H](CO)C(O)[C@@H]1O. The molecule has 0 aromatic heterocycles. The minimum Gasteiger partial charge on any atom is -0.394 e. The lowest BCUT2D eigenvalue weighted by Crippen LogP contribution is -2.37. The molecule has 0 spiro atoms. The third-order valence-electron chi connectivity index (χ3n) is 1.97. The van der Waals surface area contributed by atoms with E-state index in [0.29, 0.717) is 0 Å². The first-order valence-corrected chi connectivity index (χ1v) is 4.65. The Morgan fingerprint density at radius 3 is 2.14 bits per heavy atom. The molecule has 0 aromatic carbocycles. The number of hydrogen-bond acceptors (Lipinski definition) is 5. The van der Waals surface area contributed by atoms with Gasteiger partial charge in [0.15, 0.2) is 6.29 Å². The Balaban J connectivity index is 2.57. The largest absolute Gasteiger partial charge is 0.394 e. The van der Waals surface area contributed by atoms with Crippen LogP contribution in [0.5, 0.6) is 0 Å². The highest BCUT2D eigenvalue weighted by Gasteiger charge is 2.44. The Bertz CT molecular complexity index is 188. The lowest BCUT2D eigenvalue weighted by atomic mass is 10.1. The lowest BCUT2D eigenvalue weighted by Gasteiger charge is -2.26. The van der Waals surface area contributed by atoms with E-state index in [1.165, 1.54) is 0 Å². The molecule has 5 nitrogen and oxygen atoms in total. The summed E-state index contributed by atoms with van der Waals surface area (Å²) in [6.07, 6.45) is -3.83. The molecule has 1 saturated heterocycles. The monoisotopic (exact) mass is 206 g/mol. The Hall–Kier alpha value is -0.200. The van der Waals surface area contributed by atoms with Crippen LogP contribution in [0.2, 0.25) is 0 Å². The zero-order valence-corrected chi connectivity index (χ0v) is 8.67. The van der Waals surface area contributed by atoms with E-state index in [0.717, 1.165) is 0 Å². The lowest BCUT2D eigenvalue weighted by molar-refractivity contribution is -0.214. The van der Waals surface area contributed by atoms with Gasteiger partial charge in [-0.1, -0.05) is 0 Å². The molecule has 0 radical (unpaired) electrons. The molecule has 0 saturated carbocycles. The molecule has 1 aliphatic heterocycles. The van der Waals surface area contributed by atoms with E-state index in [1.807, 2.05) is 20.8 Å². The van der Waals surface area contributed by atoms with Crippen molar-refractivity contribution in [2.24, 2.45) is 0 Å². The third kappa shape index (κ3) is 2.65. The normalized spacial score (nSPS) is 39.0. The van der Waals surface area contributed by atoms with Crippen LogP contribution in [0.4, 0.5) is 0 Å². The minimum absolute atomic E-state index is 0.331. The maximum Gasteiger partial charge on any atom is 0.187 e. The average Bonchev–Trinajstić information content (AvgIpc) is 2.30. The van der Waals surface area contributed by atoms with Crippen molar-refractivity contribution in [3.63, 3.8) is 0 Å². The summed E-state index contributed by atoms with van der Waals surface area (Å²) < 4.78 is 10.5. The predicted octanol–water partition coefficient (Wildman–Crippen LogP) is -0.760. The van der Waals surface area contributed by atoms with Crippen LogP contribution >= 0.6 is 0 Å². The van der Waals surface area contributed by atoms with Crippen molar-refractivity contribution in [3.05, 3.63) is 0 Å². The van der Waals surface area contributed by atoms with E-state index in [4.69, 9.17) is 14.6 Å². The molecule has 1 aliphatic rings. The molecule has 1 fully saturated rings. The molecule has 0 bridgehead atoms. The van der Waals surface area contributed by atoms with Crippen molar-refractivity contribution in [1.82, 2.24) is 0 Å². The zero-order chi connectivity index (χ0) is 10.9. The Morgan fingerprint density at radius 2 is 1.79 bits per heavy atom. The van der Waals surface area contributed by atoms with Gasteiger partial charge in [0, 0.05) is 0 Å². The number of aliphatic hydroxyl groups excluding tert-OH is 3. The highest BCUT2D eigenvalue weighted by Crippen LogP contribution is 2.25. The molecule has 0 aromatic rings. The van der Waals surface area contributed by atoms with Crippen molar-refractivity contribution in [3.8, 4) is 0 Å². The second kappa shape index (κ2) is 4.12. The standard InChI is InChI=1S/C9H18O5/c1-9(2,3)14-8-7(12)6(11)5(4-10)13-8/h5-8,10-12H,4H2,1-3H3/t5-,6?,7-,8-/m0/s1. The smallest absolute Gasteiger partial charge is 0.187 e. The minimum atomic E-state index is -1.11. The summed E-state index contributed by atoms with van der Waals surface area (Å²) in [4.78, 5) is 0. The number of hydrogen-bond donors (Lipinski definition) is 3. The fourth-order valence-corrected chi connectivity index (χ4v) is 1.31. The molecule has 1 rings (SSSR count). The molecular weight excluding hydrogens is 188 g/mol. The molecule has 0 amide bonds. The van der Waals surface area contributed by atoms with Crippen LogP contribution in [0, 0.1) is 0 Å². The quantitative estimate of drug-likeness (QED) is 0.553. The van der Waals surface area contributed by atoms with Crippen LogP contribution in [-0.4, -0.2) is 52.1 Å². The maximum absolute atomic E-state index is 9.51. The van der Waals surface area contributed by atoms with Gasteiger partial charge in [-0.3, -0.25) is 0 Å². The van der Waals surface area contributed by atoms with E-state index in [2.05, 4.69) is 0 Å². The molecular formula is C9H18O5. The Morgan fingerprint density at radius 1 is 1.21 bits per heavy atom. The van der Waals surface area contributed by atoms with E-state index in [-0.39, 0.29) is 6.61 Å². The second-order valence-electron chi connectivity index (χ2n) is 4.44. The van der Waals surface area contributed by atoms with Crippen LogP contribution in [0.1, 0.15) is 20.8 Å². The van der Waals surface area contributed by atoms with Gasteiger partial charge in [0.2, 0.25) is 0 Å². The molecule has 1 heterocycles. The summed E-state index contributed by atoms with van der Waals surface area (Å²) in [6.45, 7) is 5.13. The zero-order valence-electron chi connectivity index (χ0n) is 8.67. The van der Waals surface area contributed by atoms with Crippen LogP contribution in [0.3, 0.4) is 0 Å². The van der Waals surface area contributed by atoms with Crippen LogP contribution in [0.25, 0.3) is 0 Å². The van der Waals surface area contributed by atoms with Gasteiger partial charge >= 0.3 is 0 Å². The predicted molar refractivity (Wildman–Crippen MR) is 48.6 cm³/mol. The van der Waals surface area contributed by atoms with Gasteiger partial charge in [0.25, 0.3) is 0 Å². The van der Waals surface area contributed by atoms with E-state index >= 15 is 0 Å². The van der Waals surface area contributed by atoms with E-state index in [9.17, 15) is 10.2 Å². The van der Waals surface area contributed by atoms with E-state index in [1.54, 1.807) is 0 Å². The summed E-state index contributed by atoms with van der Waals surface area (Å²) in [5.41, 5.74) is -0.463. The summed E-state index contributed by atoms with van der Waals surface area (Å²) in [6, 6.07) is 0. The van der Waals surface area contributed by atoms with Crippen molar-refractivity contribution >= 4 is 0 Å². The summed E-state index contributed by atoms with van der Waals surface area (Å²) >= 11 is 0. The third-order valence-corrected chi connectivity index (χ3v) is 1.97. The molecule has 4 atom stereocenters. The number of aliphatic hydroxyl groups is 3. The first-order chi connectivity index (χ1) is 6.35. The highest BCUT2D eigenvalue weighted by atomic mass is 16.7. The van der Waals surface area contributed by atoms with Gasteiger partial charge in [-0.15, -0.1) is 0 Å². The van der Waals surface area contributed by atoms with Crippen molar-refractivity contribution < 1.29 is 24.8 Å².